The standard InChI is InChI=1S/C22H24F2N2O6/c1-12-7-13(2)20(14(3)8-12)26-18(27)10-25-19(28)11-31-21(29)15-5-6-16(32-22(23)24)17(9-15)30-4/h5-9,22H,10-11H2,1-4H3,(H,25,28)(H,26,27). The summed E-state index contributed by atoms with van der Waals surface area (Å²) >= 11 is 0. The minimum atomic E-state index is -3.05. The summed E-state index contributed by atoms with van der Waals surface area (Å²) in [6, 6.07) is 7.34. The Bertz CT molecular complexity index is 987. The average Bonchev–Trinajstić information content (AvgIpc) is 2.72. The lowest BCUT2D eigenvalue weighted by atomic mass is 10.1. The number of amides is 2. The van der Waals surface area contributed by atoms with Gasteiger partial charge in [-0.05, 0) is 50.1 Å². The SMILES string of the molecule is COc1cc(C(=O)OCC(=O)NCC(=O)Nc2c(C)cc(C)cc2C)ccc1OC(F)F. The number of aryl methyl sites for hydroxylation is 3. The molecular weight excluding hydrogens is 426 g/mol. The van der Waals surface area contributed by atoms with Crippen molar-refractivity contribution in [2.75, 3.05) is 25.6 Å². The van der Waals surface area contributed by atoms with E-state index in [0.29, 0.717) is 5.69 Å². The van der Waals surface area contributed by atoms with Crippen LogP contribution in [0, 0.1) is 20.8 Å². The molecular formula is C22H24F2N2O6. The summed E-state index contributed by atoms with van der Waals surface area (Å²) in [6.07, 6.45) is 0. The molecule has 0 radical (unpaired) electrons. The Morgan fingerprint density at radius 3 is 2.22 bits per heavy atom. The topological polar surface area (TPSA) is 103 Å². The summed E-state index contributed by atoms with van der Waals surface area (Å²) in [5.74, 6) is -2.34. The first-order valence-corrected chi connectivity index (χ1v) is 9.55. The highest BCUT2D eigenvalue weighted by Gasteiger charge is 2.16. The van der Waals surface area contributed by atoms with Gasteiger partial charge >= 0.3 is 12.6 Å². The molecule has 0 aliphatic heterocycles. The highest BCUT2D eigenvalue weighted by molar-refractivity contribution is 5.96. The molecule has 2 amide bonds. The van der Waals surface area contributed by atoms with E-state index in [1.54, 1.807) is 0 Å². The van der Waals surface area contributed by atoms with Crippen LogP contribution in [0.5, 0.6) is 11.5 Å². The van der Waals surface area contributed by atoms with Crippen LogP contribution in [0.2, 0.25) is 0 Å². The first kappa shape index (κ1) is 24.6. The lowest BCUT2D eigenvalue weighted by Crippen LogP contribution is -2.35. The minimum absolute atomic E-state index is 0.0284. The second kappa shape index (κ2) is 11.1. The van der Waals surface area contributed by atoms with Gasteiger partial charge in [-0.3, -0.25) is 9.59 Å². The number of nitrogens with one attached hydrogen (secondary N) is 2. The molecule has 8 nitrogen and oxygen atoms in total. The van der Waals surface area contributed by atoms with Crippen molar-refractivity contribution in [2.24, 2.45) is 0 Å². The second-order valence-corrected chi connectivity index (χ2v) is 6.92. The zero-order chi connectivity index (χ0) is 23.8. The number of esters is 1. The minimum Gasteiger partial charge on any atom is -0.493 e. The molecule has 0 atom stereocenters. The first-order chi connectivity index (χ1) is 15.1. The summed E-state index contributed by atoms with van der Waals surface area (Å²) in [7, 11) is 1.22. The maximum absolute atomic E-state index is 12.4. The van der Waals surface area contributed by atoms with E-state index in [4.69, 9.17) is 9.47 Å². The van der Waals surface area contributed by atoms with Crippen LogP contribution in [0.4, 0.5) is 14.5 Å². The number of alkyl halides is 2. The van der Waals surface area contributed by atoms with Gasteiger partial charge in [-0.1, -0.05) is 17.7 Å². The Kier molecular flexibility index (Phi) is 8.51. The average molecular weight is 450 g/mol. The van der Waals surface area contributed by atoms with E-state index in [2.05, 4.69) is 15.4 Å². The molecule has 0 aliphatic rings. The second-order valence-electron chi connectivity index (χ2n) is 6.92. The lowest BCUT2D eigenvalue weighted by molar-refractivity contribution is -0.126. The van der Waals surface area contributed by atoms with Crippen molar-refractivity contribution in [3.05, 3.63) is 52.6 Å². The van der Waals surface area contributed by atoms with Crippen LogP contribution in [0.1, 0.15) is 27.0 Å². The molecule has 0 saturated heterocycles. The highest BCUT2D eigenvalue weighted by Crippen LogP contribution is 2.29. The number of benzene rings is 2. The summed E-state index contributed by atoms with van der Waals surface area (Å²) in [5, 5.41) is 5.10. The molecule has 0 fully saturated rings. The monoisotopic (exact) mass is 450 g/mol. The van der Waals surface area contributed by atoms with E-state index in [0.717, 1.165) is 28.8 Å². The van der Waals surface area contributed by atoms with Gasteiger partial charge in [-0.2, -0.15) is 8.78 Å². The number of halogens is 2. The van der Waals surface area contributed by atoms with Crippen molar-refractivity contribution in [1.82, 2.24) is 5.32 Å². The van der Waals surface area contributed by atoms with E-state index in [-0.39, 0.29) is 23.6 Å². The molecule has 32 heavy (non-hydrogen) atoms. The number of anilines is 1. The van der Waals surface area contributed by atoms with Crippen molar-refractivity contribution in [1.29, 1.82) is 0 Å². The summed E-state index contributed by atoms with van der Waals surface area (Å²) in [4.78, 5) is 36.2. The Balaban J connectivity index is 1.85. The van der Waals surface area contributed by atoms with E-state index in [9.17, 15) is 23.2 Å². The predicted octanol–water partition coefficient (Wildman–Crippen LogP) is 3.13. The van der Waals surface area contributed by atoms with Crippen molar-refractivity contribution in [3.8, 4) is 11.5 Å². The third-order valence-corrected chi connectivity index (χ3v) is 4.34. The van der Waals surface area contributed by atoms with Gasteiger partial charge in [0.2, 0.25) is 5.91 Å². The zero-order valence-corrected chi connectivity index (χ0v) is 18.1. The third kappa shape index (κ3) is 6.93. The molecule has 0 bridgehead atoms. The first-order valence-electron chi connectivity index (χ1n) is 9.55. The molecule has 172 valence electrons. The molecule has 0 saturated carbocycles. The fourth-order valence-electron chi connectivity index (χ4n) is 2.99. The quantitative estimate of drug-likeness (QED) is 0.569. The van der Waals surface area contributed by atoms with E-state index < -0.39 is 31.0 Å². The van der Waals surface area contributed by atoms with Gasteiger partial charge in [0.25, 0.3) is 5.91 Å². The van der Waals surface area contributed by atoms with Gasteiger partial charge in [-0.15, -0.1) is 0 Å². The maximum atomic E-state index is 12.4. The number of ether oxygens (including phenoxy) is 3. The molecule has 0 unspecified atom stereocenters. The number of hydrogen-bond acceptors (Lipinski definition) is 6. The Hall–Kier alpha value is -3.69. The number of carbonyl (C=O) groups excluding carboxylic acids is 3. The van der Waals surface area contributed by atoms with Crippen LogP contribution in [0.25, 0.3) is 0 Å². The summed E-state index contributed by atoms with van der Waals surface area (Å²) < 4.78 is 38.8. The summed E-state index contributed by atoms with van der Waals surface area (Å²) in [6.45, 7) is 1.70. The molecule has 0 aliphatic carbocycles. The van der Waals surface area contributed by atoms with Gasteiger partial charge < -0.3 is 24.8 Å². The Morgan fingerprint density at radius 2 is 1.62 bits per heavy atom. The van der Waals surface area contributed by atoms with Crippen molar-refractivity contribution >= 4 is 23.5 Å². The zero-order valence-electron chi connectivity index (χ0n) is 18.1. The predicted molar refractivity (Wildman–Crippen MR) is 112 cm³/mol. The van der Waals surface area contributed by atoms with Crippen LogP contribution in [-0.4, -0.2) is 44.7 Å². The molecule has 0 spiro atoms. The smallest absolute Gasteiger partial charge is 0.387 e. The van der Waals surface area contributed by atoms with Gasteiger partial charge in [0.15, 0.2) is 18.1 Å². The number of rotatable bonds is 9. The molecule has 0 heterocycles. The number of hydrogen-bond donors (Lipinski definition) is 2. The van der Waals surface area contributed by atoms with Crippen molar-refractivity contribution < 1.29 is 37.4 Å². The Morgan fingerprint density at radius 1 is 0.969 bits per heavy atom. The van der Waals surface area contributed by atoms with Gasteiger partial charge in [0.1, 0.15) is 0 Å². The fourth-order valence-corrected chi connectivity index (χ4v) is 2.99. The van der Waals surface area contributed by atoms with Gasteiger partial charge in [0.05, 0.1) is 19.2 Å². The van der Waals surface area contributed by atoms with E-state index in [1.807, 2.05) is 32.9 Å². The molecule has 2 aromatic carbocycles. The number of carbonyl (C=O) groups is 3. The Labute approximate surface area is 183 Å². The van der Waals surface area contributed by atoms with Gasteiger partial charge in [-0.25, -0.2) is 4.79 Å². The van der Waals surface area contributed by atoms with Crippen LogP contribution in [0.3, 0.4) is 0 Å². The fraction of sp³-hybridized carbons (Fsp3) is 0.318. The van der Waals surface area contributed by atoms with Gasteiger partial charge in [0, 0.05) is 5.69 Å². The highest BCUT2D eigenvalue weighted by atomic mass is 19.3. The molecule has 0 aromatic heterocycles. The third-order valence-electron chi connectivity index (χ3n) is 4.34. The van der Waals surface area contributed by atoms with Crippen LogP contribution in [0.15, 0.2) is 30.3 Å². The number of methoxy groups -OCH3 is 1. The van der Waals surface area contributed by atoms with Crippen molar-refractivity contribution in [2.45, 2.75) is 27.4 Å². The van der Waals surface area contributed by atoms with Crippen molar-refractivity contribution in [3.63, 3.8) is 0 Å². The molecule has 2 N–H and O–H groups in total. The molecule has 10 heteroatoms. The van der Waals surface area contributed by atoms with Crippen LogP contribution in [-0.2, 0) is 14.3 Å². The molecule has 2 aromatic rings. The lowest BCUT2D eigenvalue weighted by Gasteiger charge is -2.13. The molecule has 2 rings (SSSR count). The largest absolute Gasteiger partial charge is 0.493 e. The van der Waals surface area contributed by atoms with E-state index >= 15 is 0 Å². The normalized spacial score (nSPS) is 10.5. The van der Waals surface area contributed by atoms with E-state index in [1.165, 1.54) is 13.2 Å². The maximum Gasteiger partial charge on any atom is 0.387 e. The van der Waals surface area contributed by atoms with Crippen LogP contribution >= 0.6 is 0 Å². The van der Waals surface area contributed by atoms with Crippen LogP contribution < -0.4 is 20.1 Å². The summed E-state index contributed by atoms with van der Waals surface area (Å²) in [5.41, 5.74) is 3.52.